The Morgan fingerprint density at radius 1 is 1.19 bits per heavy atom. The predicted molar refractivity (Wildman–Crippen MR) is 89.0 cm³/mol. The number of hydrogen-bond acceptors (Lipinski definition) is 3. The van der Waals surface area contributed by atoms with Gasteiger partial charge in [-0.3, -0.25) is 10.3 Å². The molecule has 0 saturated heterocycles. The van der Waals surface area contributed by atoms with Gasteiger partial charge in [-0.25, -0.2) is 0 Å². The van der Waals surface area contributed by atoms with Crippen LogP contribution in [0.25, 0.3) is 0 Å². The highest BCUT2D eigenvalue weighted by atomic mass is 16.5. The molecule has 0 spiro atoms. The smallest absolute Gasteiger partial charge is 0.130 e. The van der Waals surface area contributed by atoms with Gasteiger partial charge in [-0.05, 0) is 29.5 Å². The van der Waals surface area contributed by atoms with E-state index in [2.05, 4.69) is 32.6 Å². The molecule has 1 aromatic rings. The number of rotatable bonds is 8. The number of ether oxygens (including phenoxy) is 1. The lowest BCUT2D eigenvalue weighted by Crippen LogP contribution is -2.31. The molecule has 0 aliphatic heterocycles. The van der Waals surface area contributed by atoms with Gasteiger partial charge in [0.25, 0.3) is 0 Å². The summed E-state index contributed by atoms with van der Waals surface area (Å²) in [5, 5.41) is 7.56. The van der Waals surface area contributed by atoms with Crippen molar-refractivity contribution >= 4 is 5.84 Å². The van der Waals surface area contributed by atoms with Crippen molar-refractivity contribution in [3.05, 3.63) is 29.3 Å². The van der Waals surface area contributed by atoms with Gasteiger partial charge < -0.3 is 10.5 Å². The van der Waals surface area contributed by atoms with Crippen molar-refractivity contribution in [2.45, 2.75) is 34.2 Å². The average molecular weight is 291 g/mol. The van der Waals surface area contributed by atoms with Gasteiger partial charge in [0.2, 0.25) is 0 Å². The number of nitrogens with zero attached hydrogens (tertiary/aromatic N) is 1. The van der Waals surface area contributed by atoms with E-state index < -0.39 is 0 Å². The molecule has 0 heterocycles. The highest BCUT2D eigenvalue weighted by Gasteiger charge is 2.12. The molecule has 1 aromatic carbocycles. The Labute approximate surface area is 128 Å². The zero-order chi connectivity index (χ0) is 16.0. The van der Waals surface area contributed by atoms with E-state index in [-0.39, 0.29) is 5.84 Å². The number of amidine groups is 1. The first-order valence-electron chi connectivity index (χ1n) is 7.57. The van der Waals surface area contributed by atoms with Crippen LogP contribution in [0, 0.1) is 17.2 Å². The summed E-state index contributed by atoms with van der Waals surface area (Å²) in [5.41, 5.74) is 7.41. The van der Waals surface area contributed by atoms with Crippen molar-refractivity contribution in [1.29, 1.82) is 5.41 Å². The number of hydrogen-bond donors (Lipinski definition) is 2. The van der Waals surface area contributed by atoms with E-state index in [1.54, 1.807) is 7.11 Å². The van der Waals surface area contributed by atoms with E-state index in [0.717, 1.165) is 19.6 Å². The van der Waals surface area contributed by atoms with E-state index in [4.69, 9.17) is 15.9 Å². The van der Waals surface area contributed by atoms with Crippen LogP contribution < -0.4 is 10.5 Å². The van der Waals surface area contributed by atoms with Crippen molar-refractivity contribution < 1.29 is 4.74 Å². The van der Waals surface area contributed by atoms with Gasteiger partial charge >= 0.3 is 0 Å². The predicted octanol–water partition coefficient (Wildman–Crippen LogP) is 3.09. The van der Waals surface area contributed by atoms with Gasteiger partial charge in [-0.2, -0.15) is 0 Å². The fraction of sp³-hybridized carbons (Fsp3) is 0.588. The molecule has 0 aliphatic carbocycles. The first kappa shape index (κ1) is 17.5. The molecule has 0 radical (unpaired) electrons. The lowest BCUT2D eigenvalue weighted by atomic mass is 10.1. The second-order valence-corrected chi connectivity index (χ2v) is 6.43. The van der Waals surface area contributed by atoms with Crippen molar-refractivity contribution in [2.24, 2.45) is 17.6 Å². The fourth-order valence-corrected chi connectivity index (χ4v) is 2.55. The number of benzene rings is 1. The molecule has 0 aromatic heterocycles. The summed E-state index contributed by atoms with van der Waals surface area (Å²) >= 11 is 0. The molecule has 0 fully saturated rings. The summed E-state index contributed by atoms with van der Waals surface area (Å²) in [6.07, 6.45) is 0. The second-order valence-electron chi connectivity index (χ2n) is 6.43. The fourth-order valence-electron chi connectivity index (χ4n) is 2.55. The van der Waals surface area contributed by atoms with E-state index in [9.17, 15) is 0 Å². The summed E-state index contributed by atoms with van der Waals surface area (Å²) in [6, 6.07) is 5.90. The zero-order valence-corrected chi connectivity index (χ0v) is 13.9. The van der Waals surface area contributed by atoms with E-state index >= 15 is 0 Å². The van der Waals surface area contributed by atoms with Crippen LogP contribution in [-0.4, -0.2) is 30.9 Å². The Morgan fingerprint density at radius 3 is 2.19 bits per heavy atom. The monoisotopic (exact) mass is 291 g/mol. The first-order valence-corrected chi connectivity index (χ1v) is 7.57. The maximum atomic E-state index is 7.56. The molecule has 0 amide bonds. The van der Waals surface area contributed by atoms with Crippen molar-refractivity contribution in [3.8, 4) is 5.75 Å². The molecule has 4 heteroatoms. The lowest BCUT2D eigenvalue weighted by Gasteiger charge is -2.26. The third-order valence-electron chi connectivity index (χ3n) is 3.21. The molecule has 0 saturated carbocycles. The number of nitrogens with one attached hydrogen (secondary N) is 1. The third kappa shape index (κ3) is 5.76. The van der Waals surface area contributed by atoms with Crippen LogP contribution in [0.1, 0.15) is 38.8 Å². The van der Waals surface area contributed by atoms with Gasteiger partial charge in [0.05, 0.1) is 12.7 Å². The van der Waals surface area contributed by atoms with Crippen LogP contribution in [0.3, 0.4) is 0 Å². The highest BCUT2D eigenvalue weighted by molar-refractivity contribution is 5.97. The molecule has 3 N–H and O–H groups in total. The first-order chi connectivity index (χ1) is 9.83. The Morgan fingerprint density at radius 2 is 1.76 bits per heavy atom. The highest BCUT2D eigenvalue weighted by Crippen LogP contribution is 2.21. The summed E-state index contributed by atoms with van der Waals surface area (Å²) < 4.78 is 5.35. The topological polar surface area (TPSA) is 62.3 Å². The average Bonchev–Trinajstić information content (AvgIpc) is 2.36. The normalized spacial score (nSPS) is 11.4. The summed E-state index contributed by atoms with van der Waals surface area (Å²) in [7, 11) is 1.62. The molecule has 0 unspecified atom stereocenters. The Bertz CT molecular complexity index is 459. The SMILES string of the molecule is COc1cc(CN(CC(C)C)CC(C)C)ccc1C(=N)N. The summed E-state index contributed by atoms with van der Waals surface area (Å²) in [6.45, 7) is 12.0. The largest absolute Gasteiger partial charge is 0.496 e. The zero-order valence-electron chi connectivity index (χ0n) is 13.9. The van der Waals surface area contributed by atoms with Gasteiger partial charge in [0.15, 0.2) is 0 Å². The maximum absolute atomic E-state index is 7.56. The number of methoxy groups -OCH3 is 1. The molecular formula is C17H29N3O. The molecule has 0 bridgehead atoms. The quantitative estimate of drug-likeness (QED) is 0.571. The van der Waals surface area contributed by atoms with Gasteiger partial charge in [0.1, 0.15) is 11.6 Å². The van der Waals surface area contributed by atoms with Gasteiger partial charge in [-0.15, -0.1) is 0 Å². The summed E-state index contributed by atoms with van der Waals surface area (Å²) in [4.78, 5) is 2.47. The van der Waals surface area contributed by atoms with E-state index in [1.165, 1.54) is 5.56 Å². The molecule has 21 heavy (non-hydrogen) atoms. The molecule has 1 rings (SSSR count). The van der Waals surface area contributed by atoms with Gasteiger partial charge in [0, 0.05) is 19.6 Å². The maximum Gasteiger partial charge on any atom is 0.130 e. The third-order valence-corrected chi connectivity index (χ3v) is 3.21. The molecule has 118 valence electrons. The minimum atomic E-state index is 0.0413. The van der Waals surface area contributed by atoms with Crippen LogP contribution >= 0.6 is 0 Å². The van der Waals surface area contributed by atoms with Crippen LogP contribution in [0.4, 0.5) is 0 Å². The van der Waals surface area contributed by atoms with Crippen molar-refractivity contribution in [1.82, 2.24) is 4.90 Å². The molecular weight excluding hydrogens is 262 g/mol. The van der Waals surface area contributed by atoms with Gasteiger partial charge in [-0.1, -0.05) is 33.8 Å². The van der Waals surface area contributed by atoms with Crippen LogP contribution in [0.2, 0.25) is 0 Å². The van der Waals surface area contributed by atoms with E-state index in [0.29, 0.717) is 23.1 Å². The molecule has 0 atom stereocenters. The van der Waals surface area contributed by atoms with Crippen LogP contribution in [-0.2, 0) is 6.54 Å². The number of nitrogens with two attached hydrogens (primary N) is 1. The van der Waals surface area contributed by atoms with Crippen molar-refractivity contribution in [2.75, 3.05) is 20.2 Å². The molecule has 4 nitrogen and oxygen atoms in total. The Hall–Kier alpha value is -1.55. The minimum Gasteiger partial charge on any atom is -0.496 e. The van der Waals surface area contributed by atoms with Crippen LogP contribution in [0.5, 0.6) is 5.75 Å². The van der Waals surface area contributed by atoms with Crippen LogP contribution in [0.15, 0.2) is 18.2 Å². The second kappa shape index (κ2) is 8.03. The standard InChI is InChI=1S/C17H29N3O/c1-12(2)9-20(10-13(3)4)11-14-6-7-15(17(18)19)16(8-14)21-5/h6-8,12-13H,9-11H2,1-5H3,(H3,18,19). The van der Waals surface area contributed by atoms with Crippen molar-refractivity contribution in [3.63, 3.8) is 0 Å². The number of nitrogen functional groups attached to an aromatic ring is 1. The minimum absolute atomic E-state index is 0.0413. The lowest BCUT2D eigenvalue weighted by molar-refractivity contribution is 0.211. The Kier molecular flexibility index (Phi) is 6.69. The Balaban J connectivity index is 2.90. The van der Waals surface area contributed by atoms with E-state index in [1.807, 2.05) is 18.2 Å². The molecule has 0 aliphatic rings. The summed E-state index contributed by atoms with van der Waals surface area (Å²) in [5.74, 6) is 2.00.